The van der Waals surface area contributed by atoms with Crippen LogP contribution >= 0.6 is 23.6 Å². The highest BCUT2D eigenvalue weighted by atomic mass is 32.1. The summed E-state index contributed by atoms with van der Waals surface area (Å²) in [6, 6.07) is 3.44. The first-order valence-electron chi connectivity index (χ1n) is 5.83. The molecule has 8 heteroatoms. The molecule has 2 N–H and O–H groups in total. The van der Waals surface area contributed by atoms with E-state index in [9.17, 15) is 4.79 Å². The van der Waals surface area contributed by atoms with Gasteiger partial charge in [-0.25, -0.2) is 4.79 Å². The van der Waals surface area contributed by atoms with E-state index in [1.807, 2.05) is 6.92 Å². The second-order valence-corrected chi connectivity index (χ2v) is 5.31. The lowest BCUT2D eigenvalue weighted by molar-refractivity contribution is 0.0602. The zero-order chi connectivity index (χ0) is 14.5. The molecule has 0 unspecified atom stereocenters. The number of hydrogen-bond acceptors (Lipinski definition) is 6. The summed E-state index contributed by atoms with van der Waals surface area (Å²) in [5.74, 6) is 0.0991. The van der Waals surface area contributed by atoms with Gasteiger partial charge in [0, 0.05) is 10.9 Å². The Morgan fingerprint density at radius 2 is 2.35 bits per heavy atom. The monoisotopic (exact) mass is 311 g/mol. The van der Waals surface area contributed by atoms with Gasteiger partial charge in [0.05, 0.1) is 12.7 Å². The van der Waals surface area contributed by atoms with Gasteiger partial charge in [0.2, 0.25) is 0 Å². The fraction of sp³-hybridized carbons (Fsp3) is 0.250. The number of ether oxygens (including phenoxy) is 1. The number of methoxy groups -OCH3 is 1. The number of nitrogens with zero attached hydrogens (tertiary/aromatic N) is 1. The number of esters is 1. The lowest BCUT2D eigenvalue weighted by atomic mass is 10.2. The highest BCUT2D eigenvalue weighted by molar-refractivity contribution is 7.80. The van der Waals surface area contributed by atoms with Gasteiger partial charge in [0.15, 0.2) is 10.9 Å². The van der Waals surface area contributed by atoms with E-state index in [1.165, 1.54) is 24.7 Å². The van der Waals surface area contributed by atoms with E-state index in [1.54, 1.807) is 12.1 Å². The maximum Gasteiger partial charge on any atom is 0.340 e. The third-order valence-corrected chi connectivity index (χ3v) is 3.84. The zero-order valence-corrected chi connectivity index (χ0v) is 12.6. The van der Waals surface area contributed by atoms with Gasteiger partial charge in [-0.05, 0) is 24.7 Å². The molecule has 0 spiro atoms. The summed E-state index contributed by atoms with van der Waals surface area (Å²) in [5, 5.41) is 10.5. The van der Waals surface area contributed by atoms with Crippen LogP contribution in [0, 0.1) is 0 Å². The molecular formula is C12H13N3O3S2. The van der Waals surface area contributed by atoms with Crippen LogP contribution in [0.5, 0.6) is 0 Å². The minimum atomic E-state index is -0.396. The third kappa shape index (κ3) is 3.34. The predicted octanol–water partition coefficient (Wildman–Crippen LogP) is 2.89. The zero-order valence-electron chi connectivity index (χ0n) is 10.9. The fourth-order valence-corrected chi connectivity index (χ4v) is 2.76. The fourth-order valence-electron chi connectivity index (χ4n) is 1.50. The molecule has 106 valence electrons. The quantitative estimate of drug-likeness (QED) is 0.664. The molecule has 0 saturated carbocycles. The number of carbonyl (C=O) groups is 1. The molecule has 0 fully saturated rings. The molecule has 0 bridgehead atoms. The molecule has 2 heterocycles. The van der Waals surface area contributed by atoms with Crippen molar-refractivity contribution in [3.05, 3.63) is 28.8 Å². The van der Waals surface area contributed by atoms with Crippen LogP contribution in [0.4, 0.5) is 10.8 Å². The molecule has 2 aromatic heterocycles. The Labute approximate surface area is 125 Å². The van der Waals surface area contributed by atoms with Gasteiger partial charge in [0.1, 0.15) is 11.3 Å². The summed E-state index contributed by atoms with van der Waals surface area (Å²) in [6.45, 7) is 2.02. The lowest BCUT2D eigenvalue weighted by Crippen LogP contribution is -2.20. The van der Waals surface area contributed by atoms with Crippen LogP contribution in [-0.4, -0.2) is 23.3 Å². The number of aryl methyl sites for hydroxylation is 1. The summed E-state index contributed by atoms with van der Waals surface area (Å²) in [5.41, 5.74) is 0.471. The Bertz CT molecular complexity index is 608. The van der Waals surface area contributed by atoms with Gasteiger partial charge >= 0.3 is 5.97 Å². The van der Waals surface area contributed by atoms with E-state index in [2.05, 4.69) is 15.8 Å². The molecule has 6 nitrogen and oxygen atoms in total. The Morgan fingerprint density at radius 3 is 2.95 bits per heavy atom. The van der Waals surface area contributed by atoms with Crippen LogP contribution < -0.4 is 10.6 Å². The smallest absolute Gasteiger partial charge is 0.340 e. The van der Waals surface area contributed by atoms with Crippen LogP contribution in [0.1, 0.15) is 22.2 Å². The second kappa shape index (κ2) is 6.49. The van der Waals surface area contributed by atoms with Crippen molar-refractivity contribution in [2.75, 3.05) is 17.7 Å². The van der Waals surface area contributed by atoms with E-state index in [0.29, 0.717) is 21.5 Å². The standard InChI is InChI=1S/C12H13N3O3S2/c1-3-7-6-8(11(16)17-2)10(20-7)14-12(19)13-9-4-5-18-15-9/h4-6H,3H2,1-2H3,(H2,13,14,15,19). The van der Waals surface area contributed by atoms with Crippen LogP contribution in [0.25, 0.3) is 0 Å². The number of hydrogen-bond donors (Lipinski definition) is 2. The van der Waals surface area contributed by atoms with Gasteiger partial charge in [-0.2, -0.15) is 0 Å². The molecule has 0 amide bonds. The van der Waals surface area contributed by atoms with Crippen LogP contribution in [0.15, 0.2) is 22.9 Å². The molecule has 20 heavy (non-hydrogen) atoms. The average molecular weight is 311 g/mol. The Hall–Kier alpha value is -1.93. The Morgan fingerprint density at radius 1 is 1.55 bits per heavy atom. The molecule has 0 atom stereocenters. The van der Waals surface area contributed by atoms with Crippen molar-refractivity contribution in [3.8, 4) is 0 Å². The average Bonchev–Trinajstić information content (AvgIpc) is 3.07. The maximum absolute atomic E-state index is 11.7. The second-order valence-electron chi connectivity index (χ2n) is 3.76. The Balaban J connectivity index is 2.13. The molecule has 2 aromatic rings. The van der Waals surface area contributed by atoms with E-state index in [4.69, 9.17) is 21.5 Å². The molecule has 2 rings (SSSR count). The summed E-state index contributed by atoms with van der Waals surface area (Å²) in [4.78, 5) is 12.8. The minimum Gasteiger partial charge on any atom is -0.465 e. The van der Waals surface area contributed by atoms with Crippen molar-refractivity contribution < 1.29 is 14.1 Å². The van der Waals surface area contributed by atoms with Crippen LogP contribution in [0.3, 0.4) is 0 Å². The van der Waals surface area contributed by atoms with Crippen molar-refractivity contribution in [3.63, 3.8) is 0 Å². The van der Waals surface area contributed by atoms with E-state index in [0.717, 1.165) is 11.3 Å². The van der Waals surface area contributed by atoms with Crippen LogP contribution in [0.2, 0.25) is 0 Å². The molecule has 0 aliphatic heterocycles. The number of aromatic nitrogens is 1. The highest BCUT2D eigenvalue weighted by Crippen LogP contribution is 2.29. The predicted molar refractivity (Wildman–Crippen MR) is 81.4 cm³/mol. The largest absolute Gasteiger partial charge is 0.465 e. The van der Waals surface area contributed by atoms with Crippen molar-refractivity contribution >= 4 is 45.5 Å². The number of nitrogens with one attached hydrogen (secondary N) is 2. The van der Waals surface area contributed by atoms with E-state index in [-0.39, 0.29) is 0 Å². The molecular weight excluding hydrogens is 298 g/mol. The summed E-state index contributed by atoms with van der Waals surface area (Å²) >= 11 is 6.62. The molecule has 0 aliphatic rings. The topological polar surface area (TPSA) is 76.4 Å². The molecule has 0 aromatic carbocycles. The summed E-state index contributed by atoms with van der Waals surface area (Å²) in [7, 11) is 1.35. The lowest BCUT2D eigenvalue weighted by Gasteiger charge is -2.07. The number of carbonyl (C=O) groups excluding carboxylic acids is 1. The minimum absolute atomic E-state index is 0.327. The van der Waals surface area contributed by atoms with Crippen molar-refractivity contribution in [2.45, 2.75) is 13.3 Å². The third-order valence-electron chi connectivity index (χ3n) is 2.44. The first-order valence-corrected chi connectivity index (χ1v) is 7.06. The number of thiophene rings is 1. The first kappa shape index (κ1) is 14.5. The summed E-state index contributed by atoms with van der Waals surface area (Å²) in [6.07, 6.45) is 2.27. The SMILES string of the molecule is CCc1cc(C(=O)OC)c(NC(=S)Nc2ccon2)s1. The van der Waals surface area contributed by atoms with Crippen molar-refractivity contribution in [2.24, 2.45) is 0 Å². The van der Waals surface area contributed by atoms with E-state index >= 15 is 0 Å². The van der Waals surface area contributed by atoms with Gasteiger partial charge in [-0.1, -0.05) is 12.1 Å². The molecule has 0 aliphatic carbocycles. The number of rotatable bonds is 4. The first-order chi connectivity index (χ1) is 9.63. The van der Waals surface area contributed by atoms with Crippen molar-refractivity contribution in [1.82, 2.24) is 5.16 Å². The molecule has 0 saturated heterocycles. The summed E-state index contributed by atoms with van der Waals surface area (Å²) < 4.78 is 9.45. The van der Waals surface area contributed by atoms with Gasteiger partial charge < -0.3 is 19.9 Å². The van der Waals surface area contributed by atoms with E-state index < -0.39 is 5.97 Å². The van der Waals surface area contributed by atoms with Gasteiger partial charge in [0.25, 0.3) is 0 Å². The number of thiocarbonyl (C=S) groups is 1. The van der Waals surface area contributed by atoms with Crippen molar-refractivity contribution in [1.29, 1.82) is 0 Å². The van der Waals surface area contributed by atoms with Gasteiger partial charge in [-0.15, -0.1) is 11.3 Å². The van der Waals surface area contributed by atoms with Crippen LogP contribution in [-0.2, 0) is 11.2 Å². The highest BCUT2D eigenvalue weighted by Gasteiger charge is 2.17. The van der Waals surface area contributed by atoms with Gasteiger partial charge in [-0.3, -0.25) is 0 Å². The Kier molecular flexibility index (Phi) is 4.70. The normalized spacial score (nSPS) is 10.1. The number of anilines is 2. The molecule has 0 radical (unpaired) electrons. The maximum atomic E-state index is 11.7.